The van der Waals surface area contributed by atoms with E-state index < -0.39 is 0 Å². The molecule has 2 aromatic carbocycles. The van der Waals surface area contributed by atoms with Crippen LogP contribution in [0, 0.1) is 6.92 Å². The Bertz CT molecular complexity index is 535. The molecule has 0 atom stereocenters. The van der Waals surface area contributed by atoms with Gasteiger partial charge >= 0.3 is 0 Å². The molecule has 0 radical (unpaired) electrons. The van der Waals surface area contributed by atoms with Crippen LogP contribution in [0.1, 0.15) is 5.56 Å². The molecule has 4 heteroatoms. The van der Waals surface area contributed by atoms with Gasteiger partial charge in [-0.2, -0.15) is 0 Å². The number of benzene rings is 2. The van der Waals surface area contributed by atoms with Gasteiger partial charge in [0.25, 0.3) is 0 Å². The molecular weight excluding hydrogens is 257 g/mol. The number of hydrogen-bond acceptors (Lipinski definition) is 2. The first-order valence-corrected chi connectivity index (χ1v) is 5.81. The van der Waals surface area contributed by atoms with Crippen molar-refractivity contribution in [3.8, 4) is 11.5 Å². The van der Waals surface area contributed by atoms with Crippen molar-refractivity contribution in [2.75, 3.05) is 5.73 Å². The predicted molar refractivity (Wildman–Crippen MR) is 72.1 cm³/mol. The Kier molecular flexibility index (Phi) is 3.46. The molecule has 2 rings (SSSR count). The van der Waals surface area contributed by atoms with Crippen LogP contribution in [0.4, 0.5) is 5.69 Å². The first kappa shape index (κ1) is 12.1. The smallest absolute Gasteiger partial charge is 0.168 e. The van der Waals surface area contributed by atoms with E-state index in [1.807, 2.05) is 13.0 Å². The summed E-state index contributed by atoms with van der Waals surface area (Å²) in [5, 5.41) is 1.18. The quantitative estimate of drug-likeness (QED) is 0.803. The zero-order valence-electron chi connectivity index (χ0n) is 9.21. The maximum atomic E-state index is 6.02. The minimum Gasteiger partial charge on any atom is -0.454 e. The average Bonchev–Trinajstić information content (AvgIpc) is 2.28. The lowest BCUT2D eigenvalue weighted by molar-refractivity contribution is 0.485. The van der Waals surface area contributed by atoms with E-state index in [0.29, 0.717) is 27.2 Å². The molecule has 0 saturated carbocycles. The standard InChI is InChI=1S/C13H11Cl2NO/c1-8-7-9(5-6-10(8)14)17-13-11(15)3-2-4-12(13)16/h2-7H,16H2,1H3. The first-order chi connectivity index (χ1) is 8.08. The zero-order chi connectivity index (χ0) is 12.4. The van der Waals surface area contributed by atoms with Crippen molar-refractivity contribution in [3.63, 3.8) is 0 Å². The predicted octanol–water partition coefficient (Wildman–Crippen LogP) is 4.68. The summed E-state index contributed by atoms with van der Waals surface area (Å²) in [6.45, 7) is 1.91. The van der Waals surface area contributed by atoms with Gasteiger partial charge in [-0.25, -0.2) is 0 Å². The third-order valence-electron chi connectivity index (χ3n) is 2.35. The van der Waals surface area contributed by atoms with Crippen LogP contribution in [0.5, 0.6) is 11.5 Å². The maximum absolute atomic E-state index is 6.02. The molecular formula is C13H11Cl2NO. The largest absolute Gasteiger partial charge is 0.454 e. The van der Waals surface area contributed by atoms with E-state index in [1.54, 1.807) is 30.3 Å². The van der Waals surface area contributed by atoms with Crippen molar-refractivity contribution in [1.29, 1.82) is 0 Å². The number of nitrogen functional groups attached to an aromatic ring is 1. The van der Waals surface area contributed by atoms with Gasteiger partial charge < -0.3 is 10.5 Å². The number of halogens is 2. The Morgan fingerprint density at radius 1 is 1.06 bits per heavy atom. The molecule has 0 amide bonds. The highest BCUT2D eigenvalue weighted by Gasteiger charge is 2.07. The summed E-state index contributed by atoms with van der Waals surface area (Å²) >= 11 is 12.0. The Morgan fingerprint density at radius 3 is 2.47 bits per heavy atom. The first-order valence-electron chi connectivity index (χ1n) is 5.06. The third-order valence-corrected chi connectivity index (χ3v) is 3.07. The van der Waals surface area contributed by atoms with Crippen molar-refractivity contribution < 1.29 is 4.74 Å². The molecule has 0 aliphatic heterocycles. The lowest BCUT2D eigenvalue weighted by atomic mass is 10.2. The molecule has 0 heterocycles. The second-order valence-electron chi connectivity index (χ2n) is 3.67. The average molecular weight is 268 g/mol. The number of rotatable bonds is 2. The Labute approximate surface area is 110 Å². The molecule has 0 aliphatic rings. The highest BCUT2D eigenvalue weighted by atomic mass is 35.5. The monoisotopic (exact) mass is 267 g/mol. The van der Waals surface area contributed by atoms with Gasteiger partial charge in [-0.15, -0.1) is 0 Å². The van der Waals surface area contributed by atoms with Crippen molar-refractivity contribution in [2.24, 2.45) is 0 Å². The number of para-hydroxylation sites is 1. The summed E-state index contributed by atoms with van der Waals surface area (Å²) < 4.78 is 5.66. The van der Waals surface area contributed by atoms with E-state index in [2.05, 4.69) is 0 Å². The van der Waals surface area contributed by atoms with Gasteiger partial charge in [0.05, 0.1) is 10.7 Å². The second kappa shape index (κ2) is 4.86. The molecule has 0 bridgehead atoms. The van der Waals surface area contributed by atoms with Crippen LogP contribution in [0.25, 0.3) is 0 Å². The SMILES string of the molecule is Cc1cc(Oc2c(N)cccc2Cl)ccc1Cl. The summed E-state index contributed by atoms with van der Waals surface area (Å²) in [7, 11) is 0. The fraction of sp³-hybridized carbons (Fsp3) is 0.0769. The van der Waals surface area contributed by atoms with Crippen molar-refractivity contribution in [1.82, 2.24) is 0 Å². The van der Waals surface area contributed by atoms with Crippen molar-refractivity contribution in [3.05, 3.63) is 52.0 Å². The van der Waals surface area contributed by atoms with Crippen molar-refractivity contribution >= 4 is 28.9 Å². The van der Waals surface area contributed by atoms with Gasteiger partial charge in [0, 0.05) is 5.02 Å². The fourth-order valence-corrected chi connectivity index (χ4v) is 1.77. The molecule has 2 aromatic rings. The van der Waals surface area contributed by atoms with Crippen LogP contribution in [0.3, 0.4) is 0 Å². The molecule has 0 aromatic heterocycles. The number of anilines is 1. The summed E-state index contributed by atoms with van der Waals surface area (Å²) in [6.07, 6.45) is 0. The number of hydrogen-bond donors (Lipinski definition) is 1. The van der Waals surface area contributed by atoms with E-state index in [-0.39, 0.29) is 0 Å². The molecule has 0 fully saturated rings. The van der Waals surface area contributed by atoms with Gasteiger partial charge in [-0.05, 0) is 42.8 Å². The van der Waals surface area contributed by atoms with E-state index in [9.17, 15) is 0 Å². The summed E-state index contributed by atoms with van der Waals surface area (Å²) in [6, 6.07) is 10.6. The van der Waals surface area contributed by atoms with Gasteiger partial charge in [0.15, 0.2) is 5.75 Å². The minimum atomic E-state index is 0.468. The lowest BCUT2D eigenvalue weighted by Gasteiger charge is -2.10. The minimum absolute atomic E-state index is 0.468. The van der Waals surface area contributed by atoms with Gasteiger partial charge in [0.1, 0.15) is 5.75 Å². The molecule has 0 saturated heterocycles. The molecule has 0 aliphatic carbocycles. The zero-order valence-corrected chi connectivity index (χ0v) is 10.7. The highest BCUT2D eigenvalue weighted by molar-refractivity contribution is 6.32. The number of aryl methyl sites for hydroxylation is 1. The van der Waals surface area contributed by atoms with Crippen LogP contribution in [0.2, 0.25) is 10.0 Å². The van der Waals surface area contributed by atoms with E-state index >= 15 is 0 Å². The summed E-state index contributed by atoms with van der Waals surface area (Å²) in [4.78, 5) is 0. The summed E-state index contributed by atoms with van der Waals surface area (Å²) in [5.74, 6) is 1.13. The van der Waals surface area contributed by atoms with Crippen LogP contribution >= 0.6 is 23.2 Å². The maximum Gasteiger partial charge on any atom is 0.168 e. The van der Waals surface area contributed by atoms with Gasteiger partial charge in [-0.1, -0.05) is 29.3 Å². The molecule has 17 heavy (non-hydrogen) atoms. The molecule has 0 unspecified atom stereocenters. The van der Waals surface area contributed by atoms with E-state index in [0.717, 1.165) is 5.56 Å². The Balaban J connectivity index is 2.35. The molecule has 2 nitrogen and oxygen atoms in total. The summed E-state index contributed by atoms with van der Waals surface area (Å²) in [5.41, 5.74) is 7.25. The fourth-order valence-electron chi connectivity index (χ4n) is 1.43. The van der Waals surface area contributed by atoms with Crippen LogP contribution in [-0.4, -0.2) is 0 Å². The van der Waals surface area contributed by atoms with E-state index in [4.69, 9.17) is 33.7 Å². The Hall–Kier alpha value is -1.38. The highest BCUT2D eigenvalue weighted by Crippen LogP contribution is 2.35. The lowest BCUT2D eigenvalue weighted by Crippen LogP contribution is -1.93. The Morgan fingerprint density at radius 2 is 1.82 bits per heavy atom. The van der Waals surface area contributed by atoms with Crippen LogP contribution in [-0.2, 0) is 0 Å². The van der Waals surface area contributed by atoms with Gasteiger partial charge in [0.2, 0.25) is 0 Å². The number of nitrogens with two attached hydrogens (primary N) is 1. The molecule has 2 N–H and O–H groups in total. The third kappa shape index (κ3) is 2.65. The van der Waals surface area contributed by atoms with Crippen LogP contribution < -0.4 is 10.5 Å². The molecule has 88 valence electrons. The second-order valence-corrected chi connectivity index (χ2v) is 4.49. The normalized spacial score (nSPS) is 10.3. The van der Waals surface area contributed by atoms with Crippen LogP contribution in [0.15, 0.2) is 36.4 Å². The van der Waals surface area contributed by atoms with E-state index in [1.165, 1.54) is 0 Å². The van der Waals surface area contributed by atoms with Gasteiger partial charge in [-0.3, -0.25) is 0 Å². The topological polar surface area (TPSA) is 35.2 Å². The number of ether oxygens (including phenoxy) is 1. The van der Waals surface area contributed by atoms with Crippen molar-refractivity contribution in [2.45, 2.75) is 6.92 Å². The molecule has 0 spiro atoms.